The summed E-state index contributed by atoms with van der Waals surface area (Å²) >= 11 is 0. The molecular weight excluding hydrogens is 360 g/mol. The van der Waals surface area contributed by atoms with E-state index < -0.39 is 45.0 Å². The largest absolute Gasteiger partial charge is 0.502 e. The third kappa shape index (κ3) is 3.58. The molecule has 0 saturated carbocycles. The van der Waals surface area contributed by atoms with Crippen LogP contribution in [0.5, 0.6) is 11.5 Å². The van der Waals surface area contributed by atoms with E-state index in [9.17, 15) is 27.1 Å². The summed E-state index contributed by atoms with van der Waals surface area (Å²) in [6, 6.07) is 2.68. The summed E-state index contributed by atoms with van der Waals surface area (Å²) in [5.41, 5.74) is -0.0710. The number of carbonyl (C=O) groups is 1. The third-order valence-electron chi connectivity index (χ3n) is 3.32. The van der Waals surface area contributed by atoms with Crippen LogP contribution in [-0.4, -0.2) is 32.3 Å². The number of furan rings is 1. The molecule has 1 aromatic heterocycles. The van der Waals surface area contributed by atoms with Crippen molar-refractivity contribution in [2.45, 2.75) is 13.8 Å². The molecule has 0 radical (unpaired) electrons. The van der Waals surface area contributed by atoms with Crippen LogP contribution in [0, 0.1) is 11.6 Å². The van der Waals surface area contributed by atoms with E-state index in [1.54, 1.807) is 0 Å². The van der Waals surface area contributed by atoms with Gasteiger partial charge in [-0.05, 0) is 25.1 Å². The Bertz CT molecular complexity index is 922. The average Bonchev–Trinajstić information content (AvgIpc) is 2.86. The summed E-state index contributed by atoms with van der Waals surface area (Å²) in [6.45, 7) is 2.43. The van der Waals surface area contributed by atoms with Crippen LogP contribution >= 0.6 is 0 Å². The molecule has 0 atom stereocenters. The Balaban J connectivity index is 2.67. The third-order valence-corrected chi connectivity index (χ3v) is 5.05. The quantitative estimate of drug-likeness (QED) is 0.807. The van der Waals surface area contributed by atoms with Gasteiger partial charge in [0.2, 0.25) is 21.5 Å². The highest BCUT2D eigenvalue weighted by atomic mass is 32.2. The molecule has 0 bridgehead atoms. The zero-order valence-electron chi connectivity index (χ0n) is 13.5. The van der Waals surface area contributed by atoms with Crippen LogP contribution in [0.4, 0.5) is 14.7 Å². The fourth-order valence-corrected chi connectivity index (χ4v) is 2.75. The van der Waals surface area contributed by atoms with E-state index in [1.165, 1.54) is 6.92 Å². The van der Waals surface area contributed by atoms with Crippen molar-refractivity contribution in [1.29, 1.82) is 0 Å². The molecule has 0 aliphatic rings. The van der Waals surface area contributed by atoms with Gasteiger partial charge in [-0.3, -0.25) is 4.79 Å². The number of hydrogen-bond acceptors (Lipinski definition) is 6. The second-order valence-electron chi connectivity index (χ2n) is 5.00. The SMILES string of the molecule is CCS(=O)(=O)N(C)c1oc(-c2ccc(F)c(F)c2)c(O)c1OC(C)=O. The van der Waals surface area contributed by atoms with Gasteiger partial charge < -0.3 is 14.3 Å². The van der Waals surface area contributed by atoms with Crippen LogP contribution in [0.2, 0.25) is 0 Å². The lowest BCUT2D eigenvalue weighted by Crippen LogP contribution is -2.28. The maximum absolute atomic E-state index is 13.4. The predicted molar refractivity (Wildman–Crippen MR) is 84.9 cm³/mol. The van der Waals surface area contributed by atoms with E-state index >= 15 is 0 Å². The number of anilines is 1. The number of carbonyl (C=O) groups excluding carboxylic acids is 1. The number of rotatable bonds is 5. The first-order chi connectivity index (χ1) is 11.6. The fourth-order valence-electron chi connectivity index (χ4n) is 1.99. The Morgan fingerprint density at radius 1 is 1.32 bits per heavy atom. The number of aromatic hydroxyl groups is 1. The number of hydrogen-bond donors (Lipinski definition) is 1. The zero-order chi connectivity index (χ0) is 18.9. The van der Waals surface area contributed by atoms with Crippen LogP contribution in [0.1, 0.15) is 13.8 Å². The van der Waals surface area contributed by atoms with Gasteiger partial charge in [0.1, 0.15) is 0 Å². The maximum atomic E-state index is 13.4. The van der Waals surface area contributed by atoms with Crippen LogP contribution in [-0.2, 0) is 14.8 Å². The summed E-state index contributed by atoms with van der Waals surface area (Å²) in [7, 11) is -2.67. The van der Waals surface area contributed by atoms with Crippen molar-refractivity contribution in [3.05, 3.63) is 29.8 Å². The smallest absolute Gasteiger partial charge is 0.308 e. The molecule has 1 aromatic carbocycles. The molecule has 136 valence electrons. The van der Waals surface area contributed by atoms with Gasteiger partial charge in [0.15, 0.2) is 17.4 Å². The van der Waals surface area contributed by atoms with Crippen LogP contribution in [0.25, 0.3) is 11.3 Å². The van der Waals surface area contributed by atoms with E-state index in [1.807, 2.05) is 0 Å². The van der Waals surface area contributed by atoms with Gasteiger partial charge in [0, 0.05) is 19.5 Å². The average molecular weight is 375 g/mol. The van der Waals surface area contributed by atoms with E-state index in [4.69, 9.17) is 9.15 Å². The number of ether oxygens (including phenoxy) is 1. The highest BCUT2D eigenvalue weighted by Gasteiger charge is 2.31. The fraction of sp³-hybridized carbons (Fsp3) is 0.267. The predicted octanol–water partition coefficient (Wildman–Crippen LogP) is 2.64. The van der Waals surface area contributed by atoms with E-state index in [2.05, 4.69) is 0 Å². The molecule has 2 rings (SSSR count). The van der Waals surface area contributed by atoms with Crippen LogP contribution in [0.15, 0.2) is 22.6 Å². The van der Waals surface area contributed by atoms with E-state index in [0.717, 1.165) is 32.2 Å². The normalized spacial score (nSPS) is 11.4. The minimum Gasteiger partial charge on any atom is -0.502 e. The number of halogens is 2. The first kappa shape index (κ1) is 18.7. The van der Waals surface area contributed by atoms with Gasteiger partial charge in [-0.15, -0.1) is 0 Å². The monoisotopic (exact) mass is 375 g/mol. The Morgan fingerprint density at radius 2 is 1.96 bits per heavy atom. The first-order valence-corrected chi connectivity index (χ1v) is 8.65. The van der Waals surface area contributed by atoms with Crippen LogP contribution < -0.4 is 9.04 Å². The van der Waals surface area contributed by atoms with Crippen molar-refractivity contribution in [2.75, 3.05) is 17.1 Å². The summed E-state index contributed by atoms with van der Waals surface area (Å²) < 4.78 is 61.4. The number of benzene rings is 1. The molecule has 1 N–H and O–H groups in total. The lowest BCUT2D eigenvalue weighted by atomic mass is 10.1. The summed E-state index contributed by atoms with van der Waals surface area (Å²) in [5, 5.41) is 10.3. The molecule has 1 heterocycles. The van der Waals surface area contributed by atoms with Gasteiger partial charge in [0.25, 0.3) is 5.88 Å². The van der Waals surface area contributed by atoms with E-state index in [0.29, 0.717) is 4.31 Å². The second-order valence-corrected chi connectivity index (χ2v) is 7.29. The first-order valence-electron chi connectivity index (χ1n) is 7.04. The molecular formula is C15H15F2NO6S. The number of sulfonamides is 1. The molecule has 10 heteroatoms. The van der Waals surface area contributed by atoms with Crippen molar-refractivity contribution in [1.82, 2.24) is 0 Å². The standard InChI is InChI=1S/C15H15F2NO6S/c1-4-25(21,22)18(3)15-14(23-8(2)19)12(20)13(24-15)9-5-6-10(16)11(17)7-9/h5-7,20H,4H2,1-3H3. The molecule has 0 amide bonds. The molecule has 25 heavy (non-hydrogen) atoms. The molecule has 0 aliphatic heterocycles. The van der Waals surface area contributed by atoms with Crippen LogP contribution in [0.3, 0.4) is 0 Å². The maximum Gasteiger partial charge on any atom is 0.308 e. The highest BCUT2D eigenvalue weighted by molar-refractivity contribution is 7.92. The molecule has 0 spiro atoms. The van der Waals surface area contributed by atoms with Gasteiger partial charge in [-0.25, -0.2) is 21.5 Å². The van der Waals surface area contributed by atoms with Crippen molar-refractivity contribution in [2.24, 2.45) is 0 Å². The van der Waals surface area contributed by atoms with Crippen molar-refractivity contribution < 1.29 is 36.3 Å². The molecule has 0 aliphatic carbocycles. The Labute approximate surface area is 142 Å². The van der Waals surface area contributed by atoms with Gasteiger partial charge >= 0.3 is 5.97 Å². The molecule has 0 unspecified atom stereocenters. The lowest BCUT2D eigenvalue weighted by molar-refractivity contribution is -0.132. The van der Waals surface area contributed by atoms with Crippen molar-refractivity contribution in [3.63, 3.8) is 0 Å². The van der Waals surface area contributed by atoms with Gasteiger partial charge in [-0.2, -0.15) is 0 Å². The minimum absolute atomic E-state index is 0.0710. The summed E-state index contributed by atoms with van der Waals surface area (Å²) in [5.74, 6) is -5.51. The zero-order valence-corrected chi connectivity index (χ0v) is 14.4. The molecule has 0 fully saturated rings. The van der Waals surface area contributed by atoms with Crippen molar-refractivity contribution in [3.8, 4) is 22.8 Å². The number of nitrogens with zero attached hydrogens (tertiary/aromatic N) is 1. The Kier molecular flexibility index (Phi) is 5.02. The van der Waals surface area contributed by atoms with Gasteiger partial charge in [-0.1, -0.05) is 0 Å². The minimum atomic E-state index is -3.81. The molecule has 2 aromatic rings. The number of esters is 1. The van der Waals surface area contributed by atoms with E-state index in [-0.39, 0.29) is 17.1 Å². The Morgan fingerprint density at radius 3 is 2.48 bits per heavy atom. The molecule has 0 saturated heterocycles. The summed E-state index contributed by atoms with van der Waals surface area (Å²) in [6.07, 6.45) is 0. The van der Waals surface area contributed by atoms with Gasteiger partial charge in [0.05, 0.1) is 5.75 Å². The lowest BCUT2D eigenvalue weighted by Gasteiger charge is -2.16. The highest BCUT2D eigenvalue weighted by Crippen LogP contribution is 2.48. The molecule has 7 nitrogen and oxygen atoms in total. The summed E-state index contributed by atoms with van der Waals surface area (Å²) in [4.78, 5) is 11.3. The second kappa shape index (κ2) is 6.71. The Hall–Kier alpha value is -2.62. The topological polar surface area (TPSA) is 97.1 Å². The van der Waals surface area contributed by atoms with Crippen molar-refractivity contribution >= 4 is 21.9 Å².